The number of hydrogen-bond donors (Lipinski definition) is 1. The first-order valence-electron chi connectivity index (χ1n) is 5.27. The van der Waals surface area contributed by atoms with E-state index in [-0.39, 0.29) is 10.8 Å². The predicted octanol–water partition coefficient (Wildman–Crippen LogP) is -0.236. The quantitative estimate of drug-likeness (QED) is 0.793. The zero-order valence-electron chi connectivity index (χ0n) is 9.75. The molecule has 2 N–H and O–H groups in total. The first-order valence-corrected chi connectivity index (χ1v) is 6.82. The van der Waals surface area contributed by atoms with Gasteiger partial charge in [-0.2, -0.15) is 0 Å². The van der Waals surface area contributed by atoms with E-state index in [2.05, 4.69) is 6.92 Å². The van der Waals surface area contributed by atoms with Gasteiger partial charge in [-0.15, -0.1) is 0 Å². The Morgan fingerprint density at radius 1 is 1.47 bits per heavy atom. The Morgan fingerprint density at radius 3 is 2.47 bits per heavy atom. The Kier molecular flexibility index (Phi) is 2.75. The average molecular weight is 257 g/mol. The molecule has 17 heavy (non-hydrogen) atoms. The Labute approximate surface area is 100 Å². The fraction of sp³-hybridized carbons (Fsp3) is 0.500. The Morgan fingerprint density at radius 2 is 2.06 bits per heavy atom. The molecule has 7 heteroatoms. The van der Waals surface area contributed by atoms with Crippen molar-refractivity contribution in [2.45, 2.75) is 11.8 Å². The molecule has 0 bridgehead atoms. The van der Waals surface area contributed by atoms with E-state index in [1.807, 2.05) is 0 Å². The molecule has 1 saturated heterocycles. The molecule has 0 aromatic carbocycles. The fourth-order valence-electron chi connectivity index (χ4n) is 1.93. The summed E-state index contributed by atoms with van der Waals surface area (Å²) in [5.74, 6) is 0.359. The second-order valence-electron chi connectivity index (χ2n) is 4.53. The number of likely N-dealkylation sites (tertiary alicyclic amines) is 1. The number of rotatable bonds is 2. The van der Waals surface area contributed by atoms with Gasteiger partial charge in [0.2, 0.25) is 10.0 Å². The van der Waals surface area contributed by atoms with Gasteiger partial charge in [0.25, 0.3) is 5.91 Å². The van der Waals surface area contributed by atoms with Crippen LogP contribution < -0.4 is 5.14 Å². The molecule has 6 nitrogen and oxygen atoms in total. The van der Waals surface area contributed by atoms with Gasteiger partial charge in [-0.25, -0.2) is 13.6 Å². The molecule has 2 heterocycles. The van der Waals surface area contributed by atoms with Crippen LogP contribution >= 0.6 is 0 Å². The number of aryl methyl sites for hydroxylation is 1. The molecule has 1 aromatic heterocycles. The van der Waals surface area contributed by atoms with Crippen molar-refractivity contribution in [1.29, 1.82) is 0 Å². The lowest BCUT2D eigenvalue weighted by molar-refractivity contribution is 0.0520. The van der Waals surface area contributed by atoms with Crippen LogP contribution in [0, 0.1) is 5.92 Å². The summed E-state index contributed by atoms with van der Waals surface area (Å²) in [6.07, 6.45) is 1.35. The van der Waals surface area contributed by atoms with Crippen LogP contribution in [0.4, 0.5) is 0 Å². The maximum absolute atomic E-state index is 12.0. The molecule has 1 aliphatic rings. The van der Waals surface area contributed by atoms with E-state index in [0.29, 0.717) is 24.7 Å². The average Bonchev–Trinajstić information content (AvgIpc) is 2.54. The Hall–Kier alpha value is -1.34. The van der Waals surface area contributed by atoms with Crippen LogP contribution in [0.25, 0.3) is 0 Å². The number of nitrogens with zero attached hydrogens (tertiary/aromatic N) is 2. The summed E-state index contributed by atoms with van der Waals surface area (Å²) in [5, 5.41) is 5.02. The lowest BCUT2D eigenvalue weighted by atomic mass is 10.0. The van der Waals surface area contributed by atoms with Crippen molar-refractivity contribution in [2.24, 2.45) is 18.1 Å². The van der Waals surface area contributed by atoms with Gasteiger partial charge in [0.05, 0.1) is 0 Å². The van der Waals surface area contributed by atoms with Gasteiger partial charge in [0.15, 0.2) is 0 Å². The van der Waals surface area contributed by atoms with Crippen molar-refractivity contribution >= 4 is 15.9 Å². The van der Waals surface area contributed by atoms with E-state index >= 15 is 0 Å². The lowest BCUT2D eigenvalue weighted by Crippen LogP contribution is -2.49. The number of nitrogens with two attached hydrogens (primary N) is 1. The van der Waals surface area contributed by atoms with Gasteiger partial charge in [0.1, 0.15) is 10.6 Å². The molecule has 0 spiro atoms. The minimum atomic E-state index is -3.75. The number of aromatic nitrogens is 1. The summed E-state index contributed by atoms with van der Waals surface area (Å²) in [5.41, 5.74) is 0.348. The molecule has 0 aliphatic carbocycles. The van der Waals surface area contributed by atoms with E-state index in [4.69, 9.17) is 5.14 Å². The Bertz CT molecular complexity index is 555. The van der Waals surface area contributed by atoms with Crippen LogP contribution in [-0.2, 0) is 17.1 Å². The number of carbonyl (C=O) groups is 1. The largest absolute Gasteiger partial charge is 0.345 e. The van der Waals surface area contributed by atoms with E-state index < -0.39 is 10.0 Å². The predicted molar refractivity (Wildman–Crippen MR) is 61.9 cm³/mol. The van der Waals surface area contributed by atoms with Crippen molar-refractivity contribution in [3.05, 3.63) is 18.0 Å². The second-order valence-corrected chi connectivity index (χ2v) is 6.09. The van der Waals surface area contributed by atoms with E-state index in [1.165, 1.54) is 16.8 Å². The second kappa shape index (κ2) is 3.85. The van der Waals surface area contributed by atoms with Crippen LogP contribution in [0.5, 0.6) is 0 Å². The molecule has 0 unspecified atom stereocenters. The van der Waals surface area contributed by atoms with Crippen LogP contribution in [0.3, 0.4) is 0 Å². The molecule has 1 aromatic rings. The SMILES string of the molecule is CC1CN(C(=O)c2cc(S(N)(=O)=O)cn2C)C1. The molecule has 1 amide bonds. The minimum absolute atomic E-state index is 0.0306. The normalized spacial score (nSPS) is 17.0. The minimum Gasteiger partial charge on any atom is -0.345 e. The zero-order chi connectivity index (χ0) is 12.8. The van der Waals surface area contributed by atoms with Crippen molar-refractivity contribution in [2.75, 3.05) is 13.1 Å². The molecule has 1 fully saturated rings. The topological polar surface area (TPSA) is 85.4 Å². The smallest absolute Gasteiger partial charge is 0.270 e. The van der Waals surface area contributed by atoms with E-state index in [0.717, 1.165) is 0 Å². The fourth-order valence-corrected chi connectivity index (χ4v) is 2.51. The molecule has 0 atom stereocenters. The maximum atomic E-state index is 12.0. The van der Waals surface area contributed by atoms with Crippen molar-refractivity contribution in [1.82, 2.24) is 9.47 Å². The van der Waals surface area contributed by atoms with Gasteiger partial charge in [0, 0.05) is 26.3 Å². The van der Waals surface area contributed by atoms with Gasteiger partial charge < -0.3 is 9.47 Å². The summed E-state index contributed by atoms with van der Waals surface area (Å²) in [7, 11) is -2.12. The van der Waals surface area contributed by atoms with Crippen LogP contribution in [0.2, 0.25) is 0 Å². The molecule has 2 rings (SSSR count). The summed E-state index contributed by atoms with van der Waals surface area (Å²) >= 11 is 0. The molecular weight excluding hydrogens is 242 g/mol. The van der Waals surface area contributed by atoms with E-state index in [1.54, 1.807) is 11.9 Å². The molecule has 0 radical (unpaired) electrons. The van der Waals surface area contributed by atoms with Crippen molar-refractivity contribution in [3.63, 3.8) is 0 Å². The van der Waals surface area contributed by atoms with E-state index in [9.17, 15) is 13.2 Å². The number of hydrogen-bond acceptors (Lipinski definition) is 3. The monoisotopic (exact) mass is 257 g/mol. The molecule has 94 valence electrons. The lowest BCUT2D eigenvalue weighted by Gasteiger charge is -2.37. The van der Waals surface area contributed by atoms with Gasteiger partial charge in [-0.05, 0) is 12.0 Å². The molecule has 1 aliphatic heterocycles. The van der Waals surface area contributed by atoms with Crippen molar-refractivity contribution in [3.8, 4) is 0 Å². The van der Waals surface area contributed by atoms with Gasteiger partial charge >= 0.3 is 0 Å². The van der Waals surface area contributed by atoms with Crippen LogP contribution in [-0.4, -0.2) is 36.9 Å². The number of amides is 1. The highest BCUT2D eigenvalue weighted by atomic mass is 32.2. The highest BCUT2D eigenvalue weighted by Gasteiger charge is 2.30. The van der Waals surface area contributed by atoms with Gasteiger partial charge in [-0.3, -0.25) is 4.79 Å². The molecular formula is C10H15N3O3S. The molecule has 0 saturated carbocycles. The van der Waals surface area contributed by atoms with Gasteiger partial charge in [-0.1, -0.05) is 6.92 Å². The Balaban J connectivity index is 2.28. The highest BCUT2D eigenvalue weighted by molar-refractivity contribution is 7.89. The third-order valence-corrected chi connectivity index (χ3v) is 3.76. The summed E-state index contributed by atoms with van der Waals surface area (Å²) in [6.45, 7) is 3.49. The number of sulfonamides is 1. The number of carbonyl (C=O) groups excluding carboxylic acids is 1. The summed E-state index contributed by atoms with van der Waals surface area (Å²) in [4.78, 5) is 13.7. The summed E-state index contributed by atoms with van der Waals surface area (Å²) < 4.78 is 23.8. The summed E-state index contributed by atoms with van der Waals surface area (Å²) in [6, 6.07) is 1.32. The third-order valence-electron chi connectivity index (χ3n) is 2.88. The van der Waals surface area contributed by atoms with Crippen molar-refractivity contribution < 1.29 is 13.2 Å². The van der Waals surface area contributed by atoms with Crippen LogP contribution in [0.1, 0.15) is 17.4 Å². The first kappa shape index (κ1) is 12.1. The zero-order valence-corrected chi connectivity index (χ0v) is 10.6. The van der Waals surface area contributed by atoms with Crippen LogP contribution in [0.15, 0.2) is 17.2 Å². The number of primary sulfonamides is 1. The third kappa shape index (κ3) is 2.20. The standard InChI is InChI=1S/C10H15N3O3S/c1-7-4-13(5-7)10(14)9-3-8(6-12(9)2)17(11,15)16/h3,6-7H,4-5H2,1-2H3,(H2,11,15,16). The maximum Gasteiger partial charge on any atom is 0.270 e. The first-order chi connectivity index (χ1) is 7.79. The highest BCUT2D eigenvalue weighted by Crippen LogP contribution is 2.20.